The molecule has 1 amide bonds. The first-order valence-corrected chi connectivity index (χ1v) is 6.94. The van der Waals surface area contributed by atoms with Gasteiger partial charge in [-0.15, -0.1) is 0 Å². The van der Waals surface area contributed by atoms with Gasteiger partial charge in [0.25, 0.3) is 5.91 Å². The van der Waals surface area contributed by atoms with E-state index in [4.69, 9.17) is 0 Å². The van der Waals surface area contributed by atoms with Gasteiger partial charge >= 0.3 is 15.5 Å². The molecule has 1 aromatic carbocycles. The first-order valence-electron chi connectivity index (χ1n) is 5.46. The third-order valence-electron chi connectivity index (χ3n) is 1.97. The molecule has 0 heterocycles. The molecule has 0 unspecified atom stereocenters. The number of sulfonamides is 1. The van der Waals surface area contributed by atoms with Crippen molar-refractivity contribution in [3.8, 4) is 0 Å². The number of hydrogen-bond acceptors (Lipinski definition) is 3. The summed E-state index contributed by atoms with van der Waals surface area (Å²) in [7, 11) is -6.39. The van der Waals surface area contributed by atoms with E-state index in [0.717, 1.165) is 0 Å². The minimum atomic E-state index is -6.39. The maximum Gasteiger partial charge on any atom is 0.516 e. The number of amides is 1. The molecule has 0 spiro atoms. The lowest BCUT2D eigenvalue weighted by atomic mass is 10.1. The van der Waals surface area contributed by atoms with Crippen molar-refractivity contribution in [3.63, 3.8) is 0 Å². The Morgan fingerprint density at radius 1 is 0.826 bits per heavy atom. The summed E-state index contributed by atoms with van der Waals surface area (Å²) in [6.07, 6.45) is 0. The van der Waals surface area contributed by atoms with E-state index >= 15 is 0 Å². The average Bonchev–Trinajstić information content (AvgIpc) is 2.43. The van der Waals surface area contributed by atoms with E-state index in [9.17, 15) is 48.3 Å². The maximum atomic E-state index is 13.1. The Balaban J connectivity index is 0.00000232. The van der Waals surface area contributed by atoms with E-state index in [0.29, 0.717) is 0 Å². The highest BCUT2D eigenvalue weighted by molar-refractivity contribution is 7.90. The molecule has 0 radical (unpaired) electrons. The van der Waals surface area contributed by atoms with Gasteiger partial charge in [0.1, 0.15) is 5.56 Å². The monoisotopic (exact) mass is 373 g/mol. The summed E-state index contributed by atoms with van der Waals surface area (Å²) in [5, 5.41) is 0. The molecular formula is C10H7F8NO3S. The fraction of sp³-hybridized carbons (Fsp3) is 0.300. The highest BCUT2D eigenvalue weighted by atomic mass is 32.2. The molecule has 0 fully saturated rings. The summed E-state index contributed by atoms with van der Waals surface area (Å²) < 4.78 is 121. The van der Waals surface area contributed by atoms with Crippen LogP contribution in [0.3, 0.4) is 0 Å². The van der Waals surface area contributed by atoms with Crippen molar-refractivity contribution < 1.29 is 48.3 Å². The van der Waals surface area contributed by atoms with Gasteiger partial charge in [-0.2, -0.15) is 21.6 Å². The van der Waals surface area contributed by atoms with Gasteiger partial charge < -0.3 is 0 Å². The summed E-state index contributed by atoms with van der Waals surface area (Å²) in [6.45, 7) is 4.00. The van der Waals surface area contributed by atoms with Crippen molar-refractivity contribution in [3.05, 3.63) is 34.6 Å². The average molecular weight is 373 g/mol. The van der Waals surface area contributed by atoms with Gasteiger partial charge in [0.2, 0.25) is 5.82 Å². The Bertz CT molecular complexity index is 685. The van der Waals surface area contributed by atoms with Crippen LogP contribution in [0, 0.1) is 29.1 Å². The number of nitrogens with one attached hydrogen (secondary N) is 1. The molecule has 13 heteroatoms. The largest absolute Gasteiger partial charge is 0.516 e. The number of hydrogen-bond donors (Lipinski definition) is 1. The van der Waals surface area contributed by atoms with Gasteiger partial charge in [-0.05, 0) is 0 Å². The van der Waals surface area contributed by atoms with Crippen LogP contribution in [-0.4, -0.2) is 19.8 Å². The molecule has 0 aliphatic heterocycles. The van der Waals surface area contributed by atoms with Gasteiger partial charge in [0.05, 0.1) is 0 Å². The van der Waals surface area contributed by atoms with Crippen LogP contribution in [-0.2, 0) is 10.0 Å². The second-order valence-corrected chi connectivity index (χ2v) is 5.00. The van der Waals surface area contributed by atoms with Crippen molar-refractivity contribution in [2.45, 2.75) is 19.4 Å². The number of benzene rings is 1. The second-order valence-electron chi connectivity index (χ2n) is 3.33. The zero-order valence-corrected chi connectivity index (χ0v) is 12.0. The Kier molecular flexibility index (Phi) is 6.51. The minimum Gasteiger partial charge on any atom is -0.268 e. The van der Waals surface area contributed by atoms with Crippen LogP contribution in [0.1, 0.15) is 24.2 Å². The summed E-state index contributed by atoms with van der Waals surface area (Å²) in [6, 6.07) is 0. The number of carbonyl (C=O) groups is 1. The van der Waals surface area contributed by atoms with Crippen LogP contribution in [0.15, 0.2) is 0 Å². The predicted molar refractivity (Wildman–Crippen MR) is 60.0 cm³/mol. The molecule has 1 rings (SSSR count). The molecular weight excluding hydrogens is 366 g/mol. The number of carbonyl (C=O) groups excluding carboxylic acids is 1. The molecule has 0 atom stereocenters. The van der Waals surface area contributed by atoms with E-state index in [-0.39, 0.29) is 4.72 Å². The highest BCUT2D eigenvalue weighted by Gasteiger charge is 2.47. The smallest absolute Gasteiger partial charge is 0.268 e. The summed E-state index contributed by atoms with van der Waals surface area (Å²) in [5.74, 6) is -16.1. The van der Waals surface area contributed by atoms with E-state index in [2.05, 4.69) is 0 Å². The highest BCUT2D eigenvalue weighted by Crippen LogP contribution is 2.25. The zero-order chi connectivity index (χ0) is 18.7. The Hall–Kier alpha value is -1.92. The van der Waals surface area contributed by atoms with Crippen LogP contribution >= 0.6 is 0 Å². The zero-order valence-electron chi connectivity index (χ0n) is 11.2. The van der Waals surface area contributed by atoms with Crippen molar-refractivity contribution in [1.82, 2.24) is 4.72 Å². The molecule has 0 aliphatic rings. The lowest BCUT2D eigenvalue weighted by Crippen LogP contribution is -2.41. The number of alkyl halides is 3. The standard InChI is InChI=1S/C8HF8NO3S.C2H6/c9-2-1(3(10)5(12)6(13)4(2)11)7(18)17-21(19,20)8(14,15)16;1-2/h(H,17,18);1-2H3. The third kappa shape index (κ3) is 4.09. The normalized spacial score (nSPS) is 11.6. The molecule has 0 aromatic heterocycles. The minimum absolute atomic E-state index is 0.141. The van der Waals surface area contributed by atoms with Crippen LogP contribution in [0.4, 0.5) is 35.1 Å². The Labute approximate surface area is 124 Å². The van der Waals surface area contributed by atoms with Crippen molar-refractivity contribution in [2.24, 2.45) is 0 Å². The molecule has 0 saturated carbocycles. The lowest BCUT2D eigenvalue weighted by molar-refractivity contribution is -0.0446. The van der Waals surface area contributed by atoms with E-state index < -0.39 is 56.1 Å². The SMILES string of the molecule is CC.O=C(NS(=O)(=O)C(F)(F)F)c1c(F)c(F)c(F)c(F)c1F. The van der Waals surface area contributed by atoms with Crippen molar-refractivity contribution in [1.29, 1.82) is 0 Å². The van der Waals surface area contributed by atoms with E-state index in [1.165, 1.54) is 0 Å². The van der Waals surface area contributed by atoms with Gasteiger partial charge in [0.15, 0.2) is 23.3 Å². The van der Waals surface area contributed by atoms with Crippen LogP contribution < -0.4 is 4.72 Å². The van der Waals surface area contributed by atoms with Crippen LogP contribution in [0.25, 0.3) is 0 Å². The fourth-order valence-electron chi connectivity index (χ4n) is 1.04. The summed E-state index contributed by atoms with van der Waals surface area (Å²) in [4.78, 5) is 11.0. The maximum absolute atomic E-state index is 13.1. The molecule has 1 N–H and O–H groups in total. The lowest BCUT2D eigenvalue weighted by Gasteiger charge is -2.11. The molecule has 23 heavy (non-hydrogen) atoms. The van der Waals surface area contributed by atoms with Gasteiger partial charge in [-0.1, -0.05) is 13.8 Å². The predicted octanol–water partition coefficient (Wildman–Crippen LogP) is 2.99. The van der Waals surface area contributed by atoms with Gasteiger partial charge in [-0.25, -0.2) is 26.7 Å². The molecule has 0 bridgehead atoms. The number of halogens is 8. The molecule has 0 saturated heterocycles. The summed E-state index contributed by atoms with van der Waals surface area (Å²) in [5.41, 5.74) is -8.40. The third-order valence-corrected chi connectivity index (χ3v) is 3.03. The van der Waals surface area contributed by atoms with Crippen LogP contribution in [0.2, 0.25) is 0 Å². The molecule has 132 valence electrons. The summed E-state index contributed by atoms with van der Waals surface area (Å²) >= 11 is 0. The topological polar surface area (TPSA) is 63.2 Å². The molecule has 1 aromatic rings. The number of rotatable bonds is 2. The van der Waals surface area contributed by atoms with Crippen molar-refractivity contribution in [2.75, 3.05) is 0 Å². The molecule has 0 aliphatic carbocycles. The van der Waals surface area contributed by atoms with Crippen LogP contribution in [0.5, 0.6) is 0 Å². The molecule has 4 nitrogen and oxygen atoms in total. The van der Waals surface area contributed by atoms with Gasteiger partial charge in [-0.3, -0.25) is 4.79 Å². The first kappa shape index (κ1) is 21.1. The van der Waals surface area contributed by atoms with Crippen molar-refractivity contribution >= 4 is 15.9 Å². The van der Waals surface area contributed by atoms with E-state index in [1.54, 1.807) is 0 Å². The Morgan fingerprint density at radius 2 is 1.13 bits per heavy atom. The van der Waals surface area contributed by atoms with Gasteiger partial charge in [0, 0.05) is 0 Å². The Morgan fingerprint density at radius 3 is 1.43 bits per heavy atom. The second kappa shape index (κ2) is 7.10. The fourth-order valence-corrected chi connectivity index (χ4v) is 1.50. The first-order chi connectivity index (χ1) is 10.3. The van der Waals surface area contributed by atoms with E-state index in [1.807, 2.05) is 13.8 Å². The quantitative estimate of drug-likeness (QED) is 0.493.